The van der Waals surface area contributed by atoms with Crippen molar-refractivity contribution < 1.29 is 23.7 Å². The van der Waals surface area contributed by atoms with E-state index in [-0.39, 0.29) is 0 Å². The van der Waals surface area contributed by atoms with Crippen molar-refractivity contribution in [1.29, 1.82) is 0 Å². The van der Waals surface area contributed by atoms with Crippen LogP contribution in [-0.2, 0) is 22.6 Å². The normalized spacial score (nSPS) is 11.5. The van der Waals surface area contributed by atoms with E-state index in [1.54, 1.807) is 21.1 Å². The molecule has 0 bridgehead atoms. The molecular formula is C20H25NO5. The van der Waals surface area contributed by atoms with Gasteiger partial charge in [0.2, 0.25) is 0 Å². The first-order valence-electron chi connectivity index (χ1n) is 8.42. The van der Waals surface area contributed by atoms with E-state index in [0.29, 0.717) is 25.4 Å². The zero-order valence-electron chi connectivity index (χ0n) is 15.4. The largest absolute Gasteiger partial charge is 0.497 e. The summed E-state index contributed by atoms with van der Waals surface area (Å²) in [4.78, 5) is 11.7. The van der Waals surface area contributed by atoms with Crippen LogP contribution < -0.4 is 19.9 Å². The Morgan fingerprint density at radius 1 is 1.04 bits per heavy atom. The van der Waals surface area contributed by atoms with Crippen molar-refractivity contribution in [2.24, 2.45) is 5.73 Å². The quantitative estimate of drug-likeness (QED) is 0.694. The second-order valence-electron chi connectivity index (χ2n) is 5.67. The topological polar surface area (TPSA) is 80.0 Å². The summed E-state index contributed by atoms with van der Waals surface area (Å²) in [6, 6.07) is 12.3. The van der Waals surface area contributed by atoms with Gasteiger partial charge >= 0.3 is 5.97 Å². The van der Waals surface area contributed by atoms with E-state index in [0.717, 1.165) is 22.6 Å². The van der Waals surface area contributed by atoms with E-state index in [1.165, 1.54) is 0 Å². The van der Waals surface area contributed by atoms with Gasteiger partial charge in [0, 0.05) is 5.56 Å². The number of methoxy groups -OCH3 is 2. The fraction of sp³-hybridized carbons (Fsp3) is 0.350. The average Bonchev–Trinajstić information content (AvgIpc) is 2.67. The van der Waals surface area contributed by atoms with Crippen molar-refractivity contribution in [2.45, 2.75) is 26.0 Å². The Morgan fingerprint density at radius 3 is 2.35 bits per heavy atom. The van der Waals surface area contributed by atoms with Crippen LogP contribution in [0.4, 0.5) is 0 Å². The van der Waals surface area contributed by atoms with Crippen molar-refractivity contribution in [3.05, 3.63) is 53.6 Å². The Labute approximate surface area is 153 Å². The molecule has 0 saturated heterocycles. The van der Waals surface area contributed by atoms with Gasteiger partial charge < -0.3 is 24.7 Å². The maximum atomic E-state index is 11.7. The standard InChI is InChI=1S/C20H25NO5/c1-4-25-20(22)18(21)12-14-5-10-19(24-3)15(11-14)13-26-17-8-6-16(23-2)7-9-17/h5-11,18H,4,12-13,21H2,1-3H3. The molecule has 0 fully saturated rings. The number of esters is 1. The third-order valence-electron chi connectivity index (χ3n) is 3.84. The molecule has 6 nitrogen and oxygen atoms in total. The molecule has 0 aliphatic rings. The molecule has 0 aliphatic heterocycles. The number of nitrogens with two attached hydrogens (primary N) is 1. The Morgan fingerprint density at radius 2 is 1.73 bits per heavy atom. The maximum absolute atomic E-state index is 11.7. The zero-order valence-corrected chi connectivity index (χ0v) is 15.4. The molecule has 0 saturated carbocycles. The van der Waals surface area contributed by atoms with Crippen molar-refractivity contribution >= 4 is 5.97 Å². The fourth-order valence-corrected chi connectivity index (χ4v) is 2.49. The zero-order chi connectivity index (χ0) is 18.9. The smallest absolute Gasteiger partial charge is 0.323 e. The summed E-state index contributed by atoms with van der Waals surface area (Å²) in [5, 5.41) is 0. The van der Waals surface area contributed by atoms with Crippen LogP contribution in [0.25, 0.3) is 0 Å². The number of hydrogen-bond acceptors (Lipinski definition) is 6. The van der Waals surface area contributed by atoms with Gasteiger partial charge in [-0.15, -0.1) is 0 Å². The van der Waals surface area contributed by atoms with Crippen molar-refractivity contribution in [3.63, 3.8) is 0 Å². The molecule has 2 aromatic carbocycles. The average molecular weight is 359 g/mol. The van der Waals surface area contributed by atoms with Crippen LogP contribution in [0.1, 0.15) is 18.1 Å². The van der Waals surface area contributed by atoms with Crippen LogP contribution in [0, 0.1) is 0 Å². The van der Waals surface area contributed by atoms with Crippen LogP contribution >= 0.6 is 0 Å². The molecule has 2 N–H and O–H groups in total. The molecule has 0 radical (unpaired) electrons. The third-order valence-corrected chi connectivity index (χ3v) is 3.84. The second-order valence-corrected chi connectivity index (χ2v) is 5.67. The van der Waals surface area contributed by atoms with Crippen molar-refractivity contribution in [2.75, 3.05) is 20.8 Å². The van der Waals surface area contributed by atoms with Crippen molar-refractivity contribution in [1.82, 2.24) is 0 Å². The first-order valence-corrected chi connectivity index (χ1v) is 8.42. The van der Waals surface area contributed by atoms with Gasteiger partial charge in [0.05, 0.1) is 20.8 Å². The predicted octanol–water partition coefficient (Wildman–Crippen LogP) is 2.72. The summed E-state index contributed by atoms with van der Waals surface area (Å²) < 4.78 is 21.3. The highest BCUT2D eigenvalue weighted by molar-refractivity contribution is 5.75. The predicted molar refractivity (Wildman–Crippen MR) is 98.6 cm³/mol. The molecule has 1 unspecified atom stereocenters. The number of rotatable bonds is 9. The van der Waals surface area contributed by atoms with Crippen LogP contribution in [0.3, 0.4) is 0 Å². The SMILES string of the molecule is CCOC(=O)C(N)Cc1ccc(OC)c(COc2ccc(OC)cc2)c1. The second kappa shape index (κ2) is 9.68. The molecule has 0 aliphatic carbocycles. The molecule has 2 aromatic rings. The van der Waals surface area contributed by atoms with Crippen LogP contribution in [0.2, 0.25) is 0 Å². The molecule has 0 heterocycles. The minimum absolute atomic E-state index is 0.316. The Kier molecular flexibility index (Phi) is 7.29. The lowest BCUT2D eigenvalue weighted by molar-refractivity contribution is -0.144. The molecule has 2 rings (SSSR count). The Balaban J connectivity index is 2.07. The van der Waals surface area contributed by atoms with Crippen LogP contribution in [0.15, 0.2) is 42.5 Å². The lowest BCUT2D eigenvalue weighted by atomic mass is 10.0. The van der Waals surface area contributed by atoms with Crippen LogP contribution in [-0.4, -0.2) is 32.8 Å². The van der Waals surface area contributed by atoms with Gasteiger partial charge in [0.15, 0.2) is 0 Å². The van der Waals surface area contributed by atoms with E-state index in [2.05, 4.69) is 0 Å². The summed E-state index contributed by atoms with van der Waals surface area (Å²) in [6.07, 6.45) is 0.387. The number of hydrogen-bond donors (Lipinski definition) is 1. The van der Waals surface area contributed by atoms with Gasteiger partial charge in [-0.3, -0.25) is 4.79 Å². The van der Waals surface area contributed by atoms with Gasteiger partial charge in [-0.25, -0.2) is 0 Å². The fourth-order valence-electron chi connectivity index (χ4n) is 2.49. The van der Waals surface area contributed by atoms with Gasteiger partial charge in [-0.2, -0.15) is 0 Å². The molecule has 1 atom stereocenters. The van der Waals surface area contributed by atoms with E-state index < -0.39 is 12.0 Å². The summed E-state index contributed by atoms with van der Waals surface area (Å²) in [6.45, 7) is 2.40. The summed E-state index contributed by atoms with van der Waals surface area (Å²) >= 11 is 0. The highest BCUT2D eigenvalue weighted by Crippen LogP contribution is 2.24. The Bertz CT molecular complexity index is 715. The van der Waals surface area contributed by atoms with Crippen LogP contribution in [0.5, 0.6) is 17.2 Å². The highest BCUT2D eigenvalue weighted by Gasteiger charge is 2.16. The first kappa shape index (κ1) is 19.6. The summed E-state index contributed by atoms with van der Waals surface area (Å²) in [5.41, 5.74) is 7.69. The minimum Gasteiger partial charge on any atom is -0.497 e. The van der Waals surface area contributed by atoms with Gasteiger partial charge in [-0.1, -0.05) is 6.07 Å². The van der Waals surface area contributed by atoms with E-state index >= 15 is 0 Å². The van der Waals surface area contributed by atoms with E-state index in [1.807, 2.05) is 42.5 Å². The number of benzene rings is 2. The number of carbonyl (C=O) groups is 1. The maximum Gasteiger partial charge on any atom is 0.323 e. The highest BCUT2D eigenvalue weighted by atomic mass is 16.5. The summed E-state index contributed by atoms with van der Waals surface area (Å²) in [7, 11) is 3.23. The Hall–Kier alpha value is -2.73. The molecule has 0 spiro atoms. The lowest BCUT2D eigenvalue weighted by Crippen LogP contribution is -2.34. The van der Waals surface area contributed by atoms with Gasteiger partial charge in [0.1, 0.15) is 29.9 Å². The molecular weight excluding hydrogens is 334 g/mol. The van der Waals surface area contributed by atoms with Gasteiger partial charge in [-0.05, 0) is 55.3 Å². The van der Waals surface area contributed by atoms with E-state index in [4.69, 9.17) is 24.7 Å². The number of ether oxygens (including phenoxy) is 4. The van der Waals surface area contributed by atoms with Gasteiger partial charge in [0.25, 0.3) is 0 Å². The molecule has 0 amide bonds. The van der Waals surface area contributed by atoms with E-state index in [9.17, 15) is 4.79 Å². The molecule has 0 aromatic heterocycles. The molecule has 6 heteroatoms. The third kappa shape index (κ3) is 5.39. The van der Waals surface area contributed by atoms with Crippen molar-refractivity contribution in [3.8, 4) is 17.2 Å². The molecule has 140 valence electrons. The first-order chi connectivity index (χ1) is 12.6. The monoisotopic (exact) mass is 359 g/mol. The minimum atomic E-state index is -0.696. The number of carbonyl (C=O) groups excluding carboxylic acids is 1. The summed E-state index contributed by atoms with van der Waals surface area (Å²) in [5.74, 6) is 1.80. The lowest BCUT2D eigenvalue weighted by Gasteiger charge is -2.14. The molecule has 26 heavy (non-hydrogen) atoms.